The van der Waals surface area contributed by atoms with Gasteiger partial charge >= 0.3 is 6.18 Å². The molecule has 10 rings (SSSR count). The van der Waals surface area contributed by atoms with E-state index in [0.29, 0.717) is 11.3 Å². The van der Waals surface area contributed by atoms with Gasteiger partial charge in [-0.3, -0.25) is 4.98 Å². The van der Waals surface area contributed by atoms with Gasteiger partial charge in [0.15, 0.2) is 0 Å². The van der Waals surface area contributed by atoms with E-state index in [-0.39, 0.29) is 31.9 Å². The maximum absolute atomic E-state index is 12.3. The van der Waals surface area contributed by atoms with E-state index in [2.05, 4.69) is 165 Å². The van der Waals surface area contributed by atoms with Crippen LogP contribution in [0, 0.1) is 12.1 Å². The molecule has 0 aliphatic carbocycles. The Kier molecular flexibility index (Phi) is 12.3. The second-order valence-electron chi connectivity index (χ2n) is 15.9. The normalized spacial score (nSPS) is 11.6. The van der Waals surface area contributed by atoms with Crippen LogP contribution in [-0.4, -0.2) is 14.5 Å². The number of para-hydroxylation sites is 2. The second kappa shape index (κ2) is 18.0. The minimum Gasteiger partial charge on any atom is -0.501 e. The van der Waals surface area contributed by atoms with Gasteiger partial charge in [-0.05, 0) is 92.9 Å². The number of alkyl halides is 3. The summed E-state index contributed by atoms with van der Waals surface area (Å²) in [5.41, 5.74) is 13.5. The van der Waals surface area contributed by atoms with Gasteiger partial charge in [0.2, 0.25) is 0 Å². The first-order valence-electron chi connectivity index (χ1n) is 20.7. The van der Waals surface area contributed by atoms with Gasteiger partial charge in [-0.15, -0.1) is 48.0 Å². The van der Waals surface area contributed by atoms with E-state index in [1.807, 2.05) is 12.1 Å². The average molecular weight is 1010 g/mol. The zero-order valence-electron chi connectivity index (χ0n) is 35.0. The Bertz CT molecular complexity index is 3130. The summed E-state index contributed by atoms with van der Waals surface area (Å²) in [6, 6.07) is 59.6. The predicted octanol–water partition coefficient (Wildman–Crippen LogP) is 15.5. The molecule has 0 spiro atoms. The van der Waals surface area contributed by atoms with Crippen LogP contribution < -0.4 is 0 Å². The number of hydrogen-bond donors (Lipinski definition) is 0. The second-order valence-corrected chi connectivity index (χ2v) is 15.9. The van der Waals surface area contributed by atoms with Crippen LogP contribution in [0.3, 0.4) is 0 Å². The molecule has 3 aromatic heterocycles. The molecular formula is C55H42F3IrN3O-2. The maximum Gasteiger partial charge on any atom is 0.381 e. The SMILES string of the molecule is CC(C)c1cc(-c2ccccc2)cc(C(C)C)c1-n1c(-c2[c-]ccc3c2oc2cc(-c4ccccc4)ccc23)nc2ccccc21.FC(F)(F)c1c[c-]c(-c2ccccn2)cc1.[Ir]. The maximum atomic E-state index is 12.3. The third-order valence-corrected chi connectivity index (χ3v) is 11.1. The number of nitrogens with zero attached hydrogens (tertiary/aromatic N) is 3. The van der Waals surface area contributed by atoms with Crippen LogP contribution in [0.4, 0.5) is 13.2 Å². The molecule has 0 aliphatic rings. The Morgan fingerprint density at radius 2 is 1.27 bits per heavy atom. The van der Waals surface area contributed by atoms with Gasteiger partial charge in [-0.1, -0.05) is 136 Å². The zero-order valence-corrected chi connectivity index (χ0v) is 37.4. The monoisotopic (exact) mass is 1010 g/mol. The number of fused-ring (bicyclic) bond motifs is 4. The Labute approximate surface area is 378 Å². The largest absolute Gasteiger partial charge is 0.501 e. The van der Waals surface area contributed by atoms with Crippen molar-refractivity contribution in [2.75, 3.05) is 0 Å². The molecule has 0 amide bonds. The molecule has 315 valence electrons. The van der Waals surface area contributed by atoms with E-state index in [1.165, 1.54) is 39.6 Å². The van der Waals surface area contributed by atoms with Crippen molar-refractivity contribution in [3.05, 3.63) is 199 Å². The molecular weight excluding hydrogens is 968 g/mol. The van der Waals surface area contributed by atoms with E-state index in [1.54, 1.807) is 24.4 Å². The summed E-state index contributed by atoms with van der Waals surface area (Å²) in [5.74, 6) is 1.41. The summed E-state index contributed by atoms with van der Waals surface area (Å²) in [5, 5.41) is 2.15. The van der Waals surface area contributed by atoms with Crippen LogP contribution in [0.15, 0.2) is 174 Å². The first kappa shape index (κ1) is 43.1. The quantitative estimate of drug-likeness (QED) is 0.149. The van der Waals surface area contributed by atoms with Crippen molar-refractivity contribution >= 4 is 33.0 Å². The minimum atomic E-state index is -4.32. The molecule has 8 heteroatoms. The molecule has 0 atom stereocenters. The number of benzene rings is 7. The number of aromatic nitrogens is 3. The fourth-order valence-corrected chi connectivity index (χ4v) is 8.04. The van der Waals surface area contributed by atoms with E-state index < -0.39 is 11.7 Å². The molecule has 0 saturated heterocycles. The number of hydrogen-bond acceptors (Lipinski definition) is 3. The Balaban J connectivity index is 0.000000271. The van der Waals surface area contributed by atoms with Crippen LogP contribution in [0.2, 0.25) is 0 Å². The molecule has 0 fully saturated rings. The van der Waals surface area contributed by atoms with E-state index in [9.17, 15) is 13.2 Å². The topological polar surface area (TPSA) is 43.9 Å². The van der Waals surface area contributed by atoms with Crippen molar-refractivity contribution < 1.29 is 37.7 Å². The smallest absolute Gasteiger partial charge is 0.381 e. The molecule has 0 unspecified atom stereocenters. The number of halogens is 3. The van der Waals surface area contributed by atoms with Crippen LogP contribution in [0.5, 0.6) is 0 Å². The van der Waals surface area contributed by atoms with Gasteiger partial charge in [-0.25, -0.2) is 0 Å². The molecule has 7 aromatic carbocycles. The van der Waals surface area contributed by atoms with Crippen LogP contribution in [0.25, 0.3) is 83.6 Å². The van der Waals surface area contributed by atoms with Crippen molar-refractivity contribution in [3.8, 4) is 50.6 Å². The van der Waals surface area contributed by atoms with Crippen LogP contribution >= 0.6 is 0 Å². The van der Waals surface area contributed by atoms with Crippen molar-refractivity contribution in [2.45, 2.75) is 45.7 Å². The van der Waals surface area contributed by atoms with Gasteiger partial charge in [-0.2, -0.15) is 13.2 Å². The fraction of sp³-hybridized carbons (Fsp3) is 0.127. The Morgan fingerprint density at radius 3 is 1.89 bits per heavy atom. The van der Waals surface area contributed by atoms with E-state index >= 15 is 0 Å². The Morgan fingerprint density at radius 1 is 0.619 bits per heavy atom. The molecule has 10 aromatic rings. The van der Waals surface area contributed by atoms with E-state index in [4.69, 9.17) is 9.40 Å². The van der Waals surface area contributed by atoms with Crippen LogP contribution in [0.1, 0.15) is 56.2 Å². The molecule has 0 N–H and O–H groups in total. The minimum absolute atomic E-state index is 0. The number of imidazole rings is 1. The third-order valence-electron chi connectivity index (χ3n) is 11.1. The number of rotatable bonds is 7. The molecule has 3 heterocycles. The first-order valence-corrected chi connectivity index (χ1v) is 20.7. The number of furan rings is 1. The third kappa shape index (κ3) is 8.62. The summed E-state index contributed by atoms with van der Waals surface area (Å²) < 4.78 is 46.0. The van der Waals surface area contributed by atoms with Gasteiger partial charge in [0.25, 0.3) is 0 Å². The Hall–Kier alpha value is -6.60. The van der Waals surface area contributed by atoms with Gasteiger partial charge in [0, 0.05) is 37.4 Å². The first-order chi connectivity index (χ1) is 30.0. The van der Waals surface area contributed by atoms with Crippen molar-refractivity contribution in [1.29, 1.82) is 0 Å². The van der Waals surface area contributed by atoms with Crippen molar-refractivity contribution in [1.82, 2.24) is 14.5 Å². The van der Waals surface area contributed by atoms with Gasteiger partial charge in [0.1, 0.15) is 5.58 Å². The number of pyridine rings is 1. The molecule has 63 heavy (non-hydrogen) atoms. The average Bonchev–Trinajstić information content (AvgIpc) is 3.88. The van der Waals surface area contributed by atoms with Crippen LogP contribution in [-0.2, 0) is 26.3 Å². The molecule has 1 radical (unpaired) electrons. The van der Waals surface area contributed by atoms with Crippen molar-refractivity contribution in [3.63, 3.8) is 0 Å². The predicted molar refractivity (Wildman–Crippen MR) is 245 cm³/mol. The summed E-state index contributed by atoms with van der Waals surface area (Å²) in [7, 11) is 0. The van der Waals surface area contributed by atoms with E-state index in [0.717, 1.165) is 62.1 Å². The molecule has 4 nitrogen and oxygen atoms in total. The molecule has 0 saturated carbocycles. The van der Waals surface area contributed by atoms with Gasteiger partial charge < -0.3 is 14.0 Å². The standard InChI is InChI=1S/C43H35N2O.C12H7F3N.Ir/c1-27(2)36-24-32(30-16-9-6-10-17-30)25-37(28(3)4)41(36)45-39-21-12-11-20-38(39)44-43(45)35-19-13-18-34-33-23-22-31(26-40(33)46-42(34)35)29-14-7-5-8-15-29;13-12(14,15)10-6-4-9(5-7-10)11-3-1-2-8-16-11;/h5-18,20-28H,1-4H3;1-4,6-8H;/q2*-1;. The molecule has 0 bridgehead atoms. The summed E-state index contributed by atoms with van der Waals surface area (Å²) in [4.78, 5) is 9.33. The molecule has 0 aliphatic heterocycles. The zero-order chi connectivity index (χ0) is 43.0. The summed E-state index contributed by atoms with van der Waals surface area (Å²) in [6.07, 6.45) is -2.74. The van der Waals surface area contributed by atoms with Gasteiger partial charge in [0.05, 0.1) is 22.4 Å². The van der Waals surface area contributed by atoms with Crippen molar-refractivity contribution in [2.24, 2.45) is 0 Å². The summed E-state index contributed by atoms with van der Waals surface area (Å²) >= 11 is 0. The fourth-order valence-electron chi connectivity index (χ4n) is 8.04. The summed E-state index contributed by atoms with van der Waals surface area (Å²) in [6.45, 7) is 9.14.